The van der Waals surface area contributed by atoms with E-state index in [-0.39, 0.29) is 11.3 Å². The molecule has 1 heterocycles. The van der Waals surface area contributed by atoms with E-state index < -0.39 is 12.0 Å². The van der Waals surface area contributed by atoms with E-state index >= 15 is 0 Å². The Morgan fingerprint density at radius 1 is 1.03 bits per heavy atom. The molecule has 0 saturated heterocycles. The maximum absolute atomic E-state index is 12.9. The Kier molecular flexibility index (Phi) is 5.97. The third kappa shape index (κ3) is 4.80. The molecule has 3 rings (SSSR count). The lowest BCUT2D eigenvalue weighted by molar-refractivity contribution is -0.142. The van der Waals surface area contributed by atoms with Crippen molar-refractivity contribution in [3.63, 3.8) is 0 Å². The summed E-state index contributed by atoms with van der Waals surface area (Å²) in [7, 11) is 1.32. The minimum atomic E-state index is -0.785. The van der Waals surface area contributed by atoms with Crippen LogP contribution in [0.4, 0.5) is 0 Å². The number of methoxy groups -OCH3 is 1. The Morgan fingerprint density at radius 3 is 2.38 bits per heavy atom. The Morgan fingerprint density at radius 2 is 1.72 bits per heavy atom. The molecule has 0 unspecified atom stereocenters. The SMILES string of the molecule is COC(=O)[C@@H](Cc1ccc(C(C)(C)C)cc1)NC(=O)c1cccc2cccnc12. The second-order valence-electron chi connectivity index (χ2n) is 8.08. The summed E-state index contributed by atoms with van der Waals surface area (Å²) in [6, 6.07) is 16.4. The average molecular weight is 390 g/mol. The second-order valence-corrected chi connectivity index (χ2v) is 8.08. The topological polar surface area (TPSA) is 68.3 Å². The molecule has 2 aromatic carbocycles. The molecule has 1 N–H and O–H groups in total. The molecule has 1 amide bonds. The molecule has 0 bridgehead atoms. The Balaban J connectivity index is 1.82. The maximum atomic E-state index is 12.9. The van der Waals surface area contributed by atoms with Gasteiger partial charge in [0, 0.05) is 18.0 Å². The summed E-state index contributed by atoms with van der Waals surface area (Å²) in [6.45, 7) is 6.45. The van der Waals surface area contributed by atoms with Crippen LogP contribution in [0.5, 0.6) is 0 Å². The highest BCUT2D eigenvalue weighted by Crippen LogP contribution is 2.23. The number of amides is 1. The molecule has 1 atom stereocenters. The van der Waals surface area contributed by atoms with Gasteiger partial charge in [-0.05, 0) is 28.7 Å². The summed E-state index contributed by atoms with van der Waals surface area (Å²) >= 11 is 0. The predicted molar refractivity (Wildman–Crippen MR) is 114 cm³/mol. The van der Waals surface area contributed by atoms with Gasteiger partial charge in [-0.15, -0.1) is 0 Å². The maximum Gasteiger partial charge on any atom is 0.328 e. The molecule has 5 heteroatoms. The zero-order valence-electron chi connectivity index (χ0n) is 17.2. The summed E-state index contributed by atoms with van der Waals surface area (Å²) in [5.74, 6) is -0.831. The molecular formula is C24H26N2O3. The summed E-state index contributed by atoms with van der Waals surface area (Å²) in [5.41, 5.74) is 3.24. The van der Waals surface area contributed by atoms with E-state index in [1.807, 2.05) is 30.3 Å². The second kappa shape index (κ2) is 8.43. The monoisotopic (exact) mass is 390 g/mol. The van der Waals surface area contributed by atoms with Crippen molar-refractivity contribution in [3.8, 4) is 0 Å². The van der Waals surface area contributed by atoms with Crippen LogP contribution < -0.4 is 5.32 Å². The Hall–Kier alpha value is -3.21. The van der Waals surface area contributed by atoms with E-state index in [1.54, 1.807) is 18.3 Å². The van der Waals surface area contributed by atoms with Gasteiger partial charge in [0.15, 0.2) is 0 Å². The van der Waals surface area contributed by atoms with Crippen LogP contribution in [0.1, 0.15) is 42.3 Å². The fraction of sp³-hybridized carbons (Fsp3) is 0.292. The molecule has 29 heavy (non-hydrogen) atoms. The highest BCUT2D eigenvalue weighted by atomic mass is 16.5. The number of carbonyl (C=O) groups is 2. The smallest absolute Gasteiger partial charge is 0.328 e. The van der Waals surface area contributed by atoms with Gasteiger partial charge in [-0.3, -0.25) is 9.78 Å². The van der Waals surface area contributed by atoms with Crippen LogP contribution in [0, 0.1) is 0 Å². The highest BCUT2D eigenvalue weighted by molar-refractivity contribution is 6.06. The molecule has 3 aromatic rings. The molecule has 0 fully saturated rings. The summed E-state index contributed by atoms with van der Waals surface area (Å²) in [4.78, 5) is 29.5. The number of fused-ring (bicyclic) bond motifs is 1. The van der Waals surface area contributed by atoms with Gasteiger partial charge in [0.1, 0.15) is 6.04 Å². The zero-order chi connectivity index (χ0) is 21.0. The minimum absolute atomic E-state index is 0.0515. The van der Waals surface area contributed by atoms with Crippen molar-refractivity contribution in [2.45, 2.75) is 38.6 Å². The molecule has 150 valence electrons. The standard InChI is InChI=1S/C24H26N2O3/c1-24(2,3)18-12-10-16(11-13-18)15-20(23(28)29-4)26-22(27)19-9-5-7-17-8-6-14-25-21(17)19/h5-14,20H,15H2,1-4H3,(H,26,27)/t20-/m1/s1. The van der Waals surface area contributed by atoms with Crippen LogP contribution in [0.25, 0.3) is 10.9 Å². The number of esters is 1. The van der Waals surface area contributed by atoms with Crippen LogP contribution in [-0.4, -0.2) is 30.0 Å². The van der Waals surface area contributed by atoms with E-state index in [9.17, 15) is 9.59 Å². The number of rotatable bonds is 5. The van der Waals surface area contributed by atoms with Gasteiger partial charge in [-0.25, -0.2) is 4.79 Å². The van der Waals surface area contributed by atoms with E-state index in [4.69, 9.17) is 4.74 Å². The van der Waals surface area contributed by atoms with E-state index in [2.05, 4.69) is 43.2 Å². The Bertz CT molecular complexity index is 1010. The molecular weight excluding hydrogens is 364 g/mol. The molecule has 0 aliphatic rings. The summed E-state index contributed by atoms with van der Waals surface area (Å²) < 4.78 is 4.92. The molecule has 0 saturated carbocycles. The van der Waals surface area contributed by atoms with Gasteiger partial charge >= 0.3 is 5.97 Å². The van der Waals surface area contributed by atoms with Gasteiger partial charge in [-0.1, -0.05) is 63.2 Å². The fourth-order valence-electron chi connectivity index (χ4n) is 3.24. The first-order chi connectivity index (χ1) is 13.8. The van der Waals surface area contributed by atoms with Crippen LogP contribution in [-0.2, 0) is 21.4 Å². The third-order valence-corrected chi connectivity index (χ3v) is 4.93. The Labute approximate surface area is 171 Å². The number of carbonyl (C=O) groups excluding carboxylic acids is 2. The number of hydrogen-bond acceptors (Lipinski definition) is 4. The molecule has 0 spiro atoms. The van der Waals surface area contributed by atoms with Crippen molar-refractivity contribution in [1.29, 1.82) is 0 Å². The lowest BCUT2D eigenvalue weighted by Gasteiger charge is -2.20. The summed E-state index contributed by atoms with van der Waals surface area (Å²) in [6.07, 6.45) is 1.99. The van der Waals surface area contributed by atoms with Crippen LogP contribution >= 0.6 is 0 Å². The molecule has 0 radical (unpaired) electrons. The molecule has 0 aliphatic carbocycles. The summed E-state index contributed by atoms with van der Waals surface area (Å²) in [5, 5.41) is 3.68. The first-order valence-electron chi connectivity index (χ1n) is 9.61. The van der Waals surface area contributed by atoms with Crippen molar-refractivity contribution in [2.75, 3.05) is 7.11 Å². The van der Waals surface area contributed by atoms with Crippen LogP contribution in [0.3, 0.4) is 0 Å². The minimum Gasteiger partial charge on any atom is -0.467 e. The number of benzene rings is 2. The molecule has 5 nitrogen and oxygen atoms in total. The van der Waals surface area contributed by atoms with Gasteiger partial charge in [-0.2, -0.15) is 0 Å². The van der Waals surface area contributed by atoms with Gasteiger partial charge in [0.05, 0.1) is 18.2 Å². The number of ether oxygens (including phenoxy) is 1. The van der Waals surface area contributed by atoms with Gasteiger partial charge < -0.3 is 10.1 Å². The van der Waals surface area contributed by atoms with Crippen molar-refractivity contribution in [3.05, 3.63) is 77.5 Å². The van der Waals surface area contributed by atoms with E-state index in [0.717, 1.165) is 10.9 Å². The van der Waals surface area contributed by atoms with Crippen molar-refractivity contribution in [2.24, 2.45) is 0 Å². The van der Waals surface area contributed by atoms with Crippen LogP contribution in [0.2, 0.25) is 0 Å². The van der Waals surface area contributed by atoms with Gasteiger partial charge in [0.25, 0.3) is 5.91 Å². The first kappa shape index (κ1) is 20.5. The number of pyridine rings is 1. The fourth-order valence-corrected chi connectivity index (χ4v) is 3.24. The van der Waals surface area contributed by atoms with E-state index in [0.29, 0.717) is 17.5 Å². The number of nitrogens with zero attached hydrogens (tertiary/aromatic N) is 1. The van der Waals surface area contributed by atoms with E-state index in [1.165, 1.54) is 12.7 Å². The lowest BCUT2D eigenvalue weighted by atomic mass is 9.86. The quantitative estimate of drug-likeness (QED) is 0.668. The number of nitrogens with one attached hydrogen (secondary N) is 1. The molecule has 1 aromatic heterocycles. The molecule has 0 aliphatic heterocycles. The first-order valence-corrected chi connectivity index (χ1v) is 9.61. The lowest BCUT2D eigenvalue weighted by Crippen LogP contribution is -2.43. The van der Waals surface area contributed by atoms with Crippen molar-refractivity contribution in [1.82, 2.24) is 10.3 Å². The van der Waals surface area contributed by atoms with Crippen molar-refractivity contribution < 1.29 is 14.3 Å². The number of aromatic nitrogens is 1. The average Bonchev–Trinajstić information content (AvgIpc) is 2.72. The van der Waals surface area contributed by atoms with Crippen LogP contribution in [0.15, 0.2) is 60.8 Å². The largest absolute Gasteiger partial charge is 0.467 e. The number of para-hydroxylation sites is 1. The van der Waals surface area contributed by atoms with Crippen molar-refractivity contribution >= 4 is 22.8 Å². The normalized spacial score (nSPS) is 12.4. The zero-order valence-corrected chi connectivity index (χ0v) is 17.2. The number of hydrogen-bond donors (Lipinski definition) is 1. The third-order valence-electron chi connectivity index (χ3n) is 4.93. The van der Waals surface area contributed by atoms with Gasteiger partial charge in [0.2, 0.25) is 0 Å². The predicted octanol–water partition coefficient (Wildman–Crippen LogP) is 4.05. The highest BCUT2D eigenvalue weighted by Gasteiger charge is 2.24.